The number of aromatic nitrogens is 2. The first-order valence-electron chi connectivity index (χ1n) is 10.7. The number of nitrogens with zero attached hydrogens (tertiary/aromatic N) is 3. The molecule has 0 radical (unpaired) electrons. The summed E-state index contributed by atoms with van der Waals surface area (Å²) < 4.78 is 6.15. The van der Waals surface area contributed by atoms with Gasteiger partial charge in [-0.05, 0) is 23.6 Å². The molecule has 1 aliphatic heterocycles. The molecule has 2 aromatic carbocycles. The van der Waals surface area contributed by atoms with Crippen LogP contribution in [-0.4, -0.2) is 58.5 Å². The molecule has 0 aliphatic carbocycles. The highest BCUT2D eigenvalue weighted by Gasteiger charge is 2.45. The molecule has 1 atom stereocenters. The summed E-state index contributed by atoms with van der Waals surface area (Å²) in [7, 11) is 0. The Morgan fingerprint density at radius 1 is 1.09 bits per heavy atom. The third kappa shape index (κ3) is 4.53. The largest absolute Gasteiger partial charge is 0.361 e. The van der Waals surface area contributed by atoms with Crippen molar-refractivity contribution < 1.29 is 14.3 Å². The highest BCUT2D eigenvalue weighted by atomic mass is 16.5. The third-order valence-corrected chi connectivity index (χ3v) is 5.58. The van der Waals surface area contributed by atoms with E-state index in [1.54, 1.807) is 4.90 Å². The van der Waals surface area contributed by atoms with Crippen LogP contribution in [0.25, 0.3) is 11.1 Å². The molecule has 1 fully saturated rings. The summed E-state index contributed by atoms with van der Waals surface area (Å²) in [4.78, 5) is 36.1. The van der Waals surface area contributed by atoms with Gasteiger partial charge in [-0.1, -0.05) is 54.6 Å². The number of hydrogen-bond donors (Lipinski definition) is 1. The molecule has 4 rings (SSSR count). The zero-order valence-corrected chi connectivity index (χ0v) is 18.0. The van der Waals surface area contributed by atoms with E-state index in [4.69, 9.17) is 4.74 Å². The van der Waals surface area contributed by atoms with Gasteiger partial charge >= 0.3 is 0 Å². The lowest BCUT2D eigenvalue weighted by molar-refractivity contribution is -0.157. The van der Waals surface area contributed by atoms with Crippen LogP contribution in [0.15, 0.2) is 73.2 Å². The molecule has 2 amide bonds. The minimum Gasteiger partial charge on any atom is -0.361 e. The Kier molecular flexibility index (Phi) is 6.56. The Morgan fingerprint density at radius 2 is 1.88 bits per heavy atom. The molecular formula is C25H26N4O3. The molecule has 2 heterocycles. The number of carbonyl (C=O) groups excluding carboxylic acids is 2. The van der Waals surface area contributed by atoms with E-state index in [1.165, 1.54) is 18.6 Å². The van der Waals surface area contributed by atoms with Crippen molar-refractivity contribution >= 4 is 11.8 Å². The molecule has 0 saturated carbocycles. The summed E-state index contributed by atoms with van der Waals surface area (Å²) in [6, 6.07) is 18.0. The molecule has 0 spiro atoms. The Labute approximate surface area is 187 Å². The third-order valence-electron chi connectivity index (χ3n) is 5.58. The first-order chi connectivity index (χ1) is 15.6. The number of rotatable bonds is 6. The Morgan fingerprint density at radius 3 is 2.62 bits per heavy atom. The maximum atomic E-state index is 13.3. The number of ether oxygens (including phenoxy) is 1. The van der Waals surface area contributed by atoms with Gasteiger partial charge in [0.1, 0.15) is 5.69 Å². The molecule has 164 valence electrons. The van der Waals surface area contributed by atoms with Gasteiger partial charge < -0.3 is 15.0 Å². The second kappa shape index (κ2) is 9.70. The van der Waals surface area contributed by atoms with Gasteiger partial charge in [0.25, 0.3) is 11.8 Å². The first-order valence-corrected chi connectivity index (χ1v) is 10.7. The van der Waals surface area contributed by atoms with Gasteiger partial charge in [-0.3, -0.25) is 14.6 Å². The fraction of sp³-hybridized carbons (Fsp3) is 0.280. The lowest BCUT2D eigenvalue weighted by Crippen LogP contribution is -2.62. The SMILES string of the molecule is CCNC(=O)C1(Cc2ccccc2-c2ccccc2)CN(C(=O)c2cnccn2)CCO1. The van der Waals surface area contributed by atoms with E-state index in [-0.39, 0.29) is 30.7 Å². The van der Waals surface area contributed by atoms with E-state index in [9.17, 15) is 9.59 Å². The topological polar surface area (TPSA) is 84.4 Å². The number of nitrogens with one attached hydrogen (secondary N) is 1. The van der Waals surface area contributed by atoms with Crippen LogP contribution in [0.1, 0.15) is 23.0 Å². The van der Waals surface area contributed by atoms with Gasteiger partial charge in [0.05, 0.1) is 19.3 Å². The second-order valence-corrected chi connectivity index (χ2v) is 7.72. The van der Waals surface area contributed by atoms with Crippen molar-refractivity contribution in [1.82, 2.24) is 20.2 Å². The summed E-state index contributed by atoms with van der Waals surface area (Å²) in [5.41, 5.74) is 2.15. The summed E-state index contributed by atoms with van der Waals surface area (Å²) in [6.45, 7) is 3.13. The highest BCUT2D eigenvalue weighted by molar-refractivity contribution is 5.93. The lowest BCUT2D eigenvalue weighted by Gasteiger charge is -2.41. The molecule has 1 aliphatic rings. The molecule has 1 aromatic heterocycles. The second-order valence-electron chi connectivity index (χ2n) is 7.72. The molecule has 1 saturated heterocycles. The number of carbonyl (C=O) groups is 2. The molecule has 3 aromatic rings. The minimum atomic E-state index is -1.20. The van der Waals surface area contributed by atoms with Gasteiger partial charge in [-0.25, -0.2) is 4.98 Å². The lowest BCUT2D eigenvalue weighted by atomic mass is 9.87. The highest BCUT2D eigenvalue weighted by Crippen LogP contribution is 2.30. The minimum absolute atomic E-state index is 0.136. The van der Waals surface area contributed by atoms with E-state index in [2.05, 4.69) is 15.3 Å². The summed E-state index contributed by atoms with van der Waals surface area (Å²) in [5, 5.41) is 2.90. The van der Waals surface area contributed by atoms with E-state index in [0.29, 0.717) is 19.5 Å². The number of likely N-dealkylation sites (N-methyl/N-ethyl adjacent to an activating group) is 1. The summed E-state index contributed by atoms with van der Waals surface area (Å²) in [5.74, 6) is -0.481. The smallest absolute Gasteiger partial charge is 0.274 e. The fourth-order valence-corrected chi connectivity index (χ4v) is 4.06. The van der Waals surface area contributed by atoms with Gasteiger partial charge in [-0.15, -0.1) is 0 Å². The fourth-order valence-electron chi connectivity index (χ4n) is 4.06. The van der Waals surface area contributed by atoms with E-state index < -0.39 is 5.60 Å². The number of hydrogen-bond acceptors (Lipinski definition) is 5. The van der Waals surface area contributed by atoms with E-state index >= 15 is 0 Å². The monoisotopic (exact) mass is 430 g/mol. The summed E-state index contributed by atoms with van der Waals surface area (Å²) in [6.07, 6.45) is 4.79. The Bertz CT molecular complexity index is 1070. The van der Waals surface area contributed by atoms with Crippen molar-refractivity contribution in [3.05, 3.63) is 84.4 Å². The zero-order valence-electron chi connectivity index (χ0n) is 18.0. The molecule has 0 bridgehead atoms. The molecule has 7 heteroatoms. The maximum Gasteiger partial charge on any atom is 0.274 e. The van der Waals surface area contributed by atoms with Gasteiger partial charge in [-0.2, -0.15) is 0 Å². The van der Waals surface area contributed by atoms with Crippen LogP contribution in [0.3, 0.4) is 0 Å². The van der Waals surface area contributed by atoms with E-state index in [1.807, 2.05) is 61.5 Å². The quantitative estimate of drug-likeness (QED) is 0.650. The van der Waals surface area contributed by atoms with Crippen molar-refractivity contribution in [3.8, 4) is 11.1 Å². The van der Waals surface area contributed by atoms with Gasteiger partial charge in [0.2, 0.25) is 0 Å². The standard InChI is InChI=1S/C25H26N4O3/c1-2-27-24(31)25(16-20-10-6-7-11-21(20)19-8-4-3-5-9-19)18-29(14-15-32-25)23(30)22-17-26-12-13-28-22/h3-13,17H,2,14-16,18H2,1H3,(H,27,31). The van der Waals surface area contributed by atoms with Crippen LogP contribution in [-0.2, 0) is 16.0 Å². The predicted molar refractivity (Wildman–Crippen MR) is 121 cm³/mol. The number of morpholine rings is 1. The number of benzene rings is 2. The maximum absolute atomic E-state index is 13.3. The average Bonchev–Trinajstić information content (AvgIpc) is 2.85. The van der Waals surface area contributed by atoms with Crippen LogP contribution < -0.4 is 5.32 Å². The Hall–Kier alpha value is -3.58. The zero-order chi connectivity index (χ0) is 22.4. The predicted octanol–water partition coefficient (Wildman–Crippen LogP) is 2.73. The van der Waals surface area contributed by atoms with Crippen LogP contribution in [0.2, 0.25) is 0 Å². The molecule has 1 N–H and O–H groups in total. The van der Waals surface area contributed by atoms with Crippen molar-refractivity contribution in [2.24, 2.45) is 0 Å². The normalized spacial score (nSPS) is 18.2. The van der Waals surface area contributed by atoms with E-state index in [0.717, 1.165) is 16.7 Å². The molecular weight excluding hydrogens is 404 g/mol. The van der Waals surface area contributed by atoms with Crippen LogP contribution in [0, 0.1) is 0 Å². The van der Waals surface area contributed by atoms with Crippen LogP contribution in [0.5, 0.6) is 0 Å². The molecule has 32 heavy (non-hydrogen) atoms. The number of amides is 2. The van der Waals surface area contributed by atoms with Gasteiger partial charge in [0.15, 0.2) is 5.60 Å². The molecule has 7 nitrogen and oxygen atoms in total. The Balaban J connectivity index is 1.68. The average molecular weight is 431 g/mol. The van der Waals surface area contributed by atoms with Crippen LogP contribution >= 0.6 is 0 Å². The summed E-state index contributed by atoms with van der Waals surface area (Å²) >= 11 is 0. The van der Waals surface area contributed by atoms with Crippen molar-refractivity contribution in [3.63, 3.8) is 0 Å². The van der Waals surface area contributed by atoms with Crippen LogP contribution in [0.4, 0.5) is 0 Å². The van der Waals surface area contributed by atoms with Crippen molar-refractivity contribution in [2.45, 2.75) is 18.9 Å². The molecule has 1 unspecified atom stereocenters. The van der Waals surface area contributed by atoms with Crippen molar-refractivity contribution in [2.75, 3.05) is 26.2 Å². The van der Waals surface area contributed by atoms with Gasteiger partial charge in [0, 0.05) is 31.9 Å². The first kappa shape index (κ1) is 21.6. The van der Waals surface area contributed by atoms with Crippen molar-refractivity contribution in [1.29, 1.82) is 0 Å².